The Balaban J connectivity index is 3.31. The van der Waals surface area contributed by atoms with Crippen molar-refractivity contribution in [2.24, 2.45) is 0 Å². The van der Waals surface area contributed by atoms with Crippen LogP contribution in [0.3, 0.4) is 0 Å². The molecule has 0 fully saturated rings. The zero-order valence-corrected chi connectivity index (χ0v) is 8.19. The maximum absolute atomic E-state index is 10.4. The molecule has 1 rings (SSSR count). The Bertz CT molecular complexity index is 355. The molecule has 0 saturated carbocycles. The molecule has 0 spiro atoms. The van der Waals surface area contributed by atoms with Gasteiger partial charge in [-0.25, -0.2) is 0 Å². The first-order valence-corrected chi connectivity index (χ1v) is 4.13. The van der Waals surface area contributed by atoms with Crippen molar-refractivity contribution in [3.8, 4) is 0 Å². The molecule has 0 aliphatic heterocycles. The Morgan fingerprint density at radius 3 is 2.46 bits per heavy atom. The number of halogens is 2. The smallest absolute Gasteiger partial charge is 0.289 e. The summed E-state index contributed by atoms with van der Waals surface area (Å²) in [5, 5.41) is 13.3. The molecule has 0 bridgehead atoms. The van der Waals surface area contributed by atoms with Crippen molar-refractivity contribution >= 4 is 34.6 Å². The number of hydrogen-bond donors (Lipinski definition) is 1. The number of nitro groups is 1. The molecule has 0 radical (unpaired) electrons. The van der Waals surface area contributed by atoms with Gasteiger partial charge < -0.3 is 5.32 Å². The SMILES string of the molecule is CNc1ccc([N+](=O)[O-])c(Cl)c1Cl. The summed E-state index contributed by atoms with van der Waals surface area (Å²) in [7, 11) is 1.66. The van der Waals surface area contributed by atoms with E-state index in [9.17, 15) is 10.1 Å². The normalized spacial score (nSPS) is 9.77. The van der Waals surface area contributed by atoms with Gasteiger partial charge in [0, 0.05) is 13.1 Å². The minimum absolute atomic E-state index is 0.0430. The first-order chi connectivity index (χ1) is 6.07. The Morgan fingerprint density at radius 2 is 2.00 bits per heavy atom. The summed E-state index contributed by atoms with van der Waals surface area (Å²) in [6, 6.07) is 2.81. The van der Waals surface area contributed by atoms with Crippen molar-refractivity contribution in [2.45, 2.75) is 0 Å². The lowest BCUT2D eigenvalue weighted by molar-refractivity contribution is -0.384. The van der Waals surface area contributed by atoms with E-state index in [0.29, 0.717) is 5.69 Å². The number of benzene rings is 1. The van der Waals surface area contributed by atoms with E-state index >= 15 is 0 Å². The fourth-order valence-corrected chi connectivity index (χ4v) is 1.36. The molecule has 0 heterocycles. The molecular formula is C7H6Cl2N2O2. The van der Waals surface area contributed by atoms with Crippen LogP contribution in [-0.2, 0) is 0 Å². The van der Waals surface area contributed by atoms with Gasteiger partial charge in [-0.3, -0.25) is 10.1 Å². The number of anilines is 1. The van der Waals surface area contributed by atoms with Crippen LogP contribution in [0.25, 0.3) is 0 Å². The van der Waals surface area contributed by atoms with Crippen LogP contribution in [-0.4, -0.2) is 12.0 Å². The summed E-state index contributed by atoms with van der Waals surface area (Å²) in [4.78, 5) is 9.84. The van der Waals surface area contributed by atoms with Crippen molar-refractivity contribution in [1.29, 1.82) is 0 Å². The second-order valence-electron chi connectivity index (χ2n) is 2.27. The molecule has 0 amide bonds. The van der Waals surface area contributed by atoms with Crippen LogP contribution in [0.2, 0.25) is 10.0 Å². The molecule has 0 aliphatic rings. The Hall–Kier alpha value is -1.00. The van der Waals surface area contributed by atoms with E-state index in [1.54, 1.807) is 7.05 Å². The molecule has 13 heavy (non-hydrogen) atoms. The first-order valence-electron chi connectivity index (χ1n) is 3.38. The summed E-state index contributed by atoms with van der Waals surface area (Å²) < 4.78 is 0. The predicted octanol–water partition coefficient (Wildman–Crippen LogP) is 2.94. The zero-order chi connectivity index (χ0) is 10.0. The second kappa shape index (κ2) is 3.81. The quantitative estimate of drug-likeness (QED) is 0.616. The largest absolute Gasteiger partial charge is 0.387 e. The fourth-order valence-electron chi connectivity index (χ4n) is 0.873. The van der Waals surface area contributed by atoms with Crippen LogP contribution in [0.4, 0.5) is 11.4 Å². The minimum Gasteiger partial charge on any atom is -0.387 e. The van der Waals surface area contributed by atoms with Crippen LogP contribution in [0, 0.1) is 10.1 Å². The fraction of sp³-hybridized carbons (Fsp3) is 0.143. The maximum Gasteiger partial charge on any atom is 0.289 e. The van der Waals surface area contributed by atoms with Crippen LogP contribution in [0.5, 0.6) is 0 Å². The third kappa shape index (κ3) is 1.84. The number of nitrogens with zero attached hydrogens (tertiary/aromatic N) is 1. The standard InChI is InChI=1S/C7H6Cl2N2O2/c1-10-4-2-3-5(11(12)13)7(9)6(4)8/h2-3,10H,1H3. The van der Waals surface area contributed by atoms with E-state index in [-0.39, 0.29) is 15.7 Å². The summed E-state index contributed by atoms with van der Waals surface area (Å²) in [5.74, 6) is 0. The highest BCUT2D eigenvalue weighted by Crippen LogP contribution is 2.36. The highest BCUT2D eigenvalue weighted by Gasteiger charge is 2.17. The molecule has 1 N–H and O–H groups in total. The lowest BCUT2D eigenvalue weighted by Gasteiger charge is -2.04. The molecule has 6 heteroatoms. The lowest BCUT2D eigenvalue weighted by Crippen LogP contribution is -1.93. The lowest BCUT2D eigenvalue weighted by atomic mass is 10.3. The Morgan fingerprint density at radius 1 is 1.38 bits per heavy atom. The Kier molecular flexibility index (Phi) is 2.95. The van der Waals surface area contributed by atoms with Gasteiger partial charge in [0.05, 0.1) is 15.6 Å². The molecule has 0 aliphatic carbocycles. The summed E-state index contributed by atoms with van der Waals surface area (Å²) in [6.07, 6.45) is 0. The highest BCUT2D eigenvalue weighted by molar-refractivity contribution is 6.45. The maximum atomic E-state index is 10.4. The van der Waals surface area contributed by atoms with Crippen molar-refractivity contribution in [3.63, 3.8) is 0 Å². The van der Waals surface area contributed by atoms with Gasteiger partial charge in [-0.05, 0) is 6.07 Å². The van der Waals surface area contributed by atoms with E-state index in [0.717, 1.165) is 0 Å². The molecule has 1 aromatic rings. The van der Waals surface area contributed by atoms with Gasteiger partial charge >= 0.3 is 0 Å². The second-order valence-corrected chi connectivity index (χ2v) is 3.02. The molecule has 0 saturated heterocycles. The van der Waals surface area contributed by atoms with Gasteiger partial charge in [0.1, 0.15) is 5.02 Å². The summed E-state index contributed by atoms with van der Waals surface area (Å²) in [5.41, 5.74) is 0.378. The average molecular weight is 221 g/mol. The number of rotatable bonds is 2. The first kappa shape index (κ1) is 10.1. The van der Waals surface area contributed by atoms with Crippen LogP contribution < -0.4 is 5.32 Å². The van der Waals surface area contributed by atoms with Gasteiger partial charge in [-0.15, -0.1) is 0 Å². The van der Waals surface area contributed by atoms with E-state index in [1.165, 1.54) is 12.1 Å². The van der Waals surface area contributed by atoms with Gasteiger partial charge in [-0.2, -0.15) is 0 Å². The van der Waals surface area contributed by atoms with Gasteiger partial charge in [0.2, 0.25) is 0 Å². The molecular weight excluding hydrogens is 215 g/mol. The predicted molar refractivity (Wildman–Crippen MR) is 52.7 cm³/mol. The highest BCUT2D eigenvalue weighted by atomic mass is 35.5. The van der Waals surface area contributed by atoms with E-state index in [1.807, 2.05) is 0 Å². The summed E-state index contributed by atoms with van der Waals surface area (Å²) in [6.45, 7) is 0. The van der Waals surface area contributed by atoms with Crippen LogP contribution in [0.15, 0.2) is 12.1 Å². The zero-order valence-electron chi connectivity index (χ0n) is 6.67. The number of nitrogens with one attached hydrogen (secondary N) is 1. The van der Waals surface area contributed by atoms with E-state index in [2.05, 4.69) is 5.32 Å². The van der Waals surface area contributed by atoms with Gasteiger partial charge in [0.15, 0.2) is 0 Å². The molecule has 70 valence electrons. The molecule has 1 aromatic carbocycles. The molecule has 0 atom stereocenters. The third-order valence-electron chi connectivity index (χ3n) is 1.53. The topological polar surface area (TPSA) is 55.2 Å². The molecule has 0 unspecified atom stereocenters. The molecule has 0 aromatic heterocycles. The third-order valence-corrected chi connectivity index (χ3v) is 2.40. The monoisotopic (exact) mass is 220 g/mol. The van der Waals surface area contributed by atoms with Crippen LogP contribution in [0.1, 0.15) is 0 Å². The number of hydrogen-bond acceptors (Lipinski definition) is 3. The van der Waals surface area contributed by atoms with Crippen LogP contribution >= 0.6 is 23.2 Å². The van der Waals surface area contributed by atoms with Crippen molar-refractivity contribution in [1.82, 2.24) is 0 Å². The molecule has 4 nitrogen and oxygen atoms in total. The minimum atomic E-state index is -0.576. The van der Waals surface area contributed by atoms with Gasteiger partial charge in [-0.1, -0.05) is 23.2 Å². The van der Waals surface area contributed by atoms with Gasteiger partial charge in [0.25, 0.3) is 5.69 Å². The average Bonchev–Trinajstić information content (AvgIpc) is 2.09. The van der Waals surface area contributed by atoms with Crippen molar-refractivity contribution < 1.29 is 4.92 Å². The van der Waals surface area contributed by atoms with Crippen molar-refractivity contribution in [2.75, 3.05) is 12.4 Å². The van der Waals surface area contributed by atoms with E-state index < -0.39 is 4.92 Å². The van der Waals surface area contributed by atoms with E-state index in [4.69, 9.17) is 23.2 Å². The Labute approximate surface area is 84.6 Å². The summed E-state index contributed by atoms with van der Waals surface area (Å²) >= 11 is 11.4. The number of nitro benzene ring substituents is 1. The van der Waals surface area contributed by atoms with Crippen molar-refractivity contribution in [3.05, 3.63) is 32.3 Å².